The number of carbonyl (C=O) groups is 2. The summed E-state index contributed by atoms with van der Waals surface area (Å²) in [5.74, 6) is -0.997. The monoisotopic (exact) mass is 418 g/mol. The van der Waals surface area contributed by atoms with E-state index in [4.69, 9.17) is 0 Å². The Morgan fingerprint density at radius 1 is 1.20 bits per heavy atom. The Hall–Kier alpha value is -3.65. The van der Waals surface area contributed by atoms with Gasteiger partial charge in [-0.2, -0.15) is 5.10 Å². The minimum absolute atomic E-state index is 0.218. The molecule has 0 radical (unpaired) electrons. The van der Waals surface area contributed by atoms with Crippen LogP contribution >= 0.6 is 11.8 Å². The third-order valence-electron chi connectivity index (χ3n) is 4.45. The molecule has 3 aromatic rings. The summed E-state index contributed by atoms with van der Waals surface area (Å²) in [6.45, 7) is 0.783. The fourth-order valence-corrected chi connectivity index (χ4v) is 3.73. The van der Waals surface area contributed by atoms with Gasteiger partial charge in [0.05, 0.1) is 18.2 Å². The number of rotatable bonds is 5. The van der Waals surface area contributed by atoms with Crippen molar-refractivity contribution in [3.63, 3.8) is 0 Å². The summed E-state index contributed by atoms with van der Waals surface area (Å²) < 4.78 is 6.72. The Morgan fingerprint density at radius 2 is 2.03 bits per heavy atom. The lowest BCUT2D eigenvalue weighted by Gasteiger charge is -2.06. The number of ether oxygens (including phenoxy) is 1. The van der Waals surface area contributed by atoms with Gasteiger partial charge in [0.15, 0.2) is 5.17 Å². The second-order valence-corrected chi connectivity index (χ2v) is 7.52. The summed E-state index contributed by atoms with van der Waals surface area (Å²) in [6, 6.07) is 18.4. The number of carbonyl (C=O) groups excluding carboxylic acids is 2. The zero-order valence-electron chi connectivity index (χ0n) is 16.1. The molecule has 0 bridgehead atoms. The van der Waals surface area contributed by atoms with E-state index >= 15 is 0 Å². The number of methoxy groups -OCH3 is 1. The lowest BCUT2D eigenvalue weighted by Crippen LogP contribution is -2.19. The van der Waals surface area contributed by atoms with Crippen LogP contribution in [0, 0.1) is 0 Å². The highest BCUT2D eigenvalue weighted by Crippen LogP contribution is 2.23. The topological polar surface area (TPSA) is 85.0 Å². The van der Waals surface area contributed by atoms with Crippen LogP contribution in [0.2, 0.25) is 0 Å². The molecule has 1 aliphatic heterocycles. The summed E-state index contributed by atoms with van der Waals surface area (Å²) in [6.07, 6.45) is 4.82. The van der Waals surface area contributed by atoms with Crippen LogP contribution in [0.4, 0.5) is 0 Å². The Bertz CT molecular complexity index is 1200. The molecular weight excluding hydrogens is 400 g/mol. The Balaban J connectivity index is 1.50. The first-order valence-corrected chi connectivity index (χ1v) is 9.97. The SMILES string of the molecule is COC(=O)/C=C1/S/C(=N\N=Cc2ccc3ccn(Cc4ccccc4)c3c2)NC1=O. The van der Waals surface area contributed by atoms with Crippen molar-refractivity contribution < 1.29 is 14.3 Å². The largest absolute Gasteiger partial charge is 0.466 e. The number of nitrogens with zero attached hydrogens (tertiary/aromatic N) is 3. The van der Waals surface area contributed by atoms with E-state index in [0.29, 0.717) is 5.17 Å². The van der Waals surface area contributed by atoms with E-state index in [2.05, 4.69) is 49.2 Å². The number of hydrogen-bond acceptors (Lipinski definition) is 6. The fraction of sp³-hybridized carbons (Fsp3) is 0.0909. The van der Waals surface area contributed by atoms with Gasteiger partial charge in [0.1, 0.15) is 0 Å². The lowest BCUT2D eigenvalue weighted by atomic mass is 10.2. The maximum absolute atomic E-state index is 11.8. The van der Waals surface area contributed by atoms with E-state index in [-0.39, 0.29) is 4.91 Å². The molecule has 4 rings (SSSR count). The van der Waals surface area contributed by atoms with Crippen LogP contribution in [0.3, 0.4) is 0 Å². The van der Waals surface area contributed by atoms with Gasteiger partial charge in [-0.25, -0.2) is 4.79 Å². The van der Waals surface area contributed by atoms with Crippen molar-refractivity contribution in [3.8, 4) is 0 Å². The van der Waals surface area contributed by atoms with Crippen molar-refractivity contribution in [2.24, 2.45) is 10.2 Å². The number of fused-ring (bicyclic) bond motifs is 1. The second-order valence-electron chi connectivity index (χ2n) is 6.49. The molecule has 1 aliphatic rings. The zero-order chi connectivity index (χ0) is 20.9. The highest BCUT2D eigenvalue weighted by molar-refractivity contribution is 8.18. The molecule has 1 aromatic heterocycles. The van der Waals surface area contributed by atoms with Gasteiger partial charge >= 0.3 is 5.97 Å². The van der Waals surface area contributed by atoms with E-state index in [0.717, 1.165) is 40.8 Å². The van der Waals surface area contributed by atoms with Crippen molar-refractivity contribution in [2.45, 2.75) is 6.54 Å². The van der Waals surface area contributed by atoms with Gasteiger partial charge in [0, 0.05) is 24.3 Å². The van der Waals surface area contributed by atoms with Gasteiger partial charge in [0.2, 0.25) is 0 Å². The number of nitrogens with one attached hydrogen (secondary N) is 1. The predicted octanol–water partition coefficient (Wildman–Crippen LogP) is 3.30. The molecule has 30 heavy (non-hydrogen) atoms. The average molecular weight is 418 g/mol. The fourth-order valence-electron chi connectivity index (χ4n) is 2.99. The smallest absolute Gasteiger partial charge is 0.331 e. The number of aromatic nitrogens is 1. The van der Waals surface area contributed by atoms with Crippen LogP contribution in [0.25, 0.3) is 10.9 Å². The van der Waals surface area contributed by atoms with Crippen LogP contribution in [-0.2, 0) is 20.9 Å². The van der Waals surface area contributed by atoms with Crippen LogP contribution < -0.4 is 5.32 Å². The predicted molar refractivity (Wildman–Crippen MR) is 118 cm³/mol. The first-order chi connectivity index (χ1) is 14.6. The first-order valence-electron chi connectivity index (χ1n) is 9.15. The number of amidine groups is 1. The molecule has 0 saturated carbocycles. The number of hydrogen-bond donors (Lipinski definition) is 1. The molecule has 150 valence electrons. The molecule has 2 heterocycles. The molecule has 1 N–H and O–H groups in total. The second kappa shape index (κ2) is 8.79. The van der Waals surface area contributed by atoms with Crippen LogP contribution in [0.5, 0.6) is 0 Å². The van der Waals surface area contributed by atoms with Gasteiger partial charge < -0.3 is 9.30 Å². The summed E-state index contributed by atoms with van der Waals surface area (Å²) in [5, 5.41) is 12.1. The molecule has 1 amide bonds. The number of esters is 1. The summed E-state index contributed by atoms with van der Waals surface area (Å²) in [5.41, 5.74) is 3.21. The summed E-state index contributed by atoms with van der Waals surface area (Å²) in [4.78, 5) is 23.3. The van der Waals surface area contributed by atoms with Gasteiger partial charge in [0.25, 0.3) is 5.91 Å². The third-order valence-corrected chi connectivity index (χ3v) is 5.35. The van der Waals surface area contributed by atoms with Crippen molar-refractivity contribution in [1.29, 1.82) is 0 Å². The molecule has 1 saturated heterocycles. The van der Waals surface area contributed by atoms with Gasteiger partial charge in [-0.05, 0) is 40.4 Å². The zero-order valence-corrected chi connectivity index (χ0v) is 16.9. The minimum atomic E-state index is -0.593. The van der Waals surface area contributed by atoms with Crippen molar-refractivity contribution in [3.05, 3.63) is 82.9 Å². The van der Waals surface area contributed by atoms with Crippen LogP contribution in [0.1, 0.15) is 11.1 Å². The quantitative estimate of drug-likeness (QED) is 0.298. The maximum Gasteiger partial charge on any atom is 0.331 e. The van der Waals surface area contributed by atoms with E-state index < -0.39 is 11.9 Å². The molecule has 0 aliphatic carbocycles. The highest BCUT2D eigenvalue weighted by atomic mass is 32.2. The number of benzene rings is 2. The maximum atomic E-state index is 11.8. The molecule has 0 atom stereocenters. The minimum Gasteiger partial charge on any atom is -0.466 e. The van der Waals surface area contributed by atoms with E-state index in [9.17, 15) is 9.59 Å². The lowest BCUT2D eigenvalue weighted by molar-refractivity contribution is -0.135. The summed E-state index contributed by atoms with van der Waals surface area (Å²) >= 11 is 1.04. The number of thioether (sulfide) groups is 1. The van der Waals surface area contributed by atoms with Crippen molar-refractivity contribution >= 4 is 45.9 Å². The molecule has 7 nitrogen and oxygen atoms in total. The van der Waals surface area contributed by atoms with Crippen molar-refractivity contribution in [2.75, 3.05) is 7.11 Å². The standard InChI is InChI=1S/C22H18N4O3S/c1-29-20(27)12-19-21(28)24-22(30-19)25-23-13-16-7-8-17-9-10-26(18(17)11-16)14-15-5-3-2-4-6-15/h2-13H,14H2,1H3,(H,24,25,28)/b19-12+,23-13?. The van der Waals surface area contributed by atoms with E-state index in [1.165, 1.54) is 12.7 Å². The molecule has 2 aromatic carbocycles. The molecule has 0 spiro atoms. The Kier molecular flexibility index (Phi) is 5.76. The molecular formula is C22H18N4O3S. The van der Waals surface area contributed by atoms with Gasteiger partial charge in [-0.15, -0.1) is 5.10 Å². The summed E-state index contributed by atoms with van der Waals surface area (Å²) in [7, 11) is 1.25. The van der Waals surface area contributed by atoms with Crippen LogP contribution in [0.15, 0.2) is 82.0 Å². The Morgan fingerprint density at radius 3 is 2.83 bits per heavy atom. The molecule has 8 heteroatoms. The average Bonchev–Trinajstić information content (AvgIpc) is 3.31. The normalized spacial score (nSPS) is 16.6. The molecule has 1 fully saturated rings. The Labute approximate surface area is 177 Å². The van der Waals surface area contributed by atoms with Crippen LogP contribution in [-0.4, -0.2) is 34.9 Å². The van der Waals surface area contributed by atoms with Crippen molar-refractivity contribution in [1.82, 2.24) is 9.88 Å². The number of amides is 1. The molecule has 0 unspecified atom stereocenters. The first kappa shape index (κ1) is 19.7. The van der Waals surface area contributed by atoms with E-state index in [1.807, 2.05) is 36.4 Å². The third kappa shape index (κ3) is 4.49. The van der Waals surface area contributed by atoms with Gasteiger partial charge in [-0.3, -0.25) is 10.1 Å². The van der Waals surface area contributed by atoms with E-state index in [1.54, 1.807) is 6.21 Å². The van der Waals surface area contributed by atoms with Gasteiger partial charge in [-0.1, -0.05) is 42.5 Å². The highest BCUT2D eigenvalue weighted by Gasteiger charge is 2.24.